The summed E-state index contributed by atoms with van der Waals surface area (Å²) in [5, 5.41) is 1.45. The lowest BCUT2D eigenvalue weighted by Gasteiger charge is -2.12. The molecule has 0 amide bonds. The van der Waals surface area contributed by atoms with Crippen LogP contribution in [0, 0.1) is 0 Å². The van der Waals surface area contributed by atoms with Gasteiger partial charge in [0.1, 0.15) is 5.82 Å². The molecule has 0 spiro atoms. The summed E-state index contributed by atoms with van der Waals surface area (Å²) in [6.07, 6.45) is 0. The Hall–Kier alpha value is -2.33. The Morgan fingerprint density at radius 1 is 1.00 bits per heavy atom. The van der Waals surface area contributed by atoms with Crippen molar-refractivity contribution in [2.75, 3.05) is 24.7 Å². The maximum atomic E-state index is 6.02. The lowest BCUT2D eigenvalue weighted by atomic mass is 10.1. The molecule has 5 heteroatoms. The highest BCUT2D eigenvalue weighted by Gasteiger charge is 2.08. The molecule has 1 heterocycles. The fourth-order valence-electron chi connectivity index (χ4n) is 2.17. The number of anilines is 2. The van der Waals surface area contributed by atoms with E-state index < -0.39 is 0 Å². The molecule has 1 aromatic heterocycles. The summed E-state index contributed by atoms with van der Waals surface area (Å²) < 4.78 is 0. The van der Waals surface area contributed by atoms with Gasteiger partial charge < -0.3 is 10.6 Å². The largest absolute Gasteiger partial charge is 0.383 e. The van der Waals surface area contributed by atoms with Gasteiger partial charge in [-0.25, -0.2) is 9.97 Å². The van der Waals surface area contributed by atoms with Crippen LogP contribution in [0.15, 0.2) is 42.5 Å². The molecule has 0 saturated heterocycles. The number of hydrogen-bond donors (Lipinski definition) is 1. The van der Waals surface area contributed by atoms with Crippen LogP contribution in [0.4, 0.5) is 11.5 Å². The maximum Gasteiger partial charge on any atom is 0.162 e. The van der Waals surface area contributed by atoms with Crippen LogP contribution in [0.3, 0.4) is 0 Å². The molecule has 106 valence electrons. The van der Waals surface area contributed by atoms with Crippen LogP contribution < -0.4 is 10.6 Å². The molecule has 0 aliphatic heterocycles. The predicted octanol–water partition coefficient (Wildman–Crippen LogP) is 3.60. The third kappa shape index (κ3) is 2.62. The van der Waals surface area contributed by atoms with Gasteiger partial charge in [-0.05, 0) is 42.5 Å². The van der Waals surface area contributed by atoms with Crippen LogP contribution in [0.5, 0.6) is 0 Å². The van der Waals surface area contributed by atoms with E-state index in [-0.39, 0.29) is 0 Å². The first-order valence-electron chi connectivity index (χ1n) is 6.55. The van der Waals surface area contributed by atoms with Gasteiger partial charge in [-0.15, -0.1) is 0 Å². The summed E-state index contributed by atoms with van der Waals surface area (Å²) in [5.74, 6) is 1.07. The zero-order valence-corrected chi connectivity index (χ0v) is 12.6. The van der Waals surface area contributed by atoms with Crippen LogP contribution in [-0.4, -0.2) is 24.1 Å². The highest BCUT2D eigenvalue weighted by Crippen LogP contribution is 2.26. The standard InChI is InChI=1S/C16H15ClN4/c1-21(2)12-6-3-10(4-7-12)16-19-14-9-11(17)5-8-13(14)15(18)20-16/h3-9H,1-2H3,(H2,18,19,20). The number of nitrogen functional groups attached to an aromatic ring is 1. The second-order valence-electron chi connectivity index (χ2n) is 5.04. The van der Waals surface area contributed by atoms with E-state index in [2.05, 4.69) is 9.97 Å². The van der Waals surface area contributed by atoms with Crippen LogP contribution in [0.2, 0.25) is 5.02 Å². The van der Waals surface area contributed by atoms with Gasteiger partial charge >= 0.3 is 0 Å². The monoisotopic (exact) mass is 298 g/mol. The molecule has 2 aromatic carbocycles. The molecular formula is C16H15ClN4. The molecule has 0 bridgehead atoms. The first-order valence-corrected chi connectivity index (χ1v) is 6.93. The van der Waals surface area contributed by atoms with Gasteiger partial charge in [-0.1, -0.05) is 11.6 Å². The van der Waals surface area contributed by atoms with Crippen molar-refractivity contribution in [1.29, 1.82) is 0 Å². The zero-order valence-electron chi connectivity index (χ0n) is 11.8. The minimum absolute atomic E-state index is 0.461. The van der Waals surface area contributed by atoms with Crippen molar-refractivity contribution in [3.63, 3.8) is 0 Å². The van der Waals surface area contributed by atoms with Gasteiger partial charge in [0, 0.05) is 35.8 Å². The molecule has 0 atom stereocenters. The van der Waals surface area contributed by atoms with Gasteiger partial charge in [0.25, 0.3) is 0 Å². The predicted molar refractivity (Wildman–Crippen MR) is 88.7 cm³/mol. The van der Waals surface area contributed by atoms with Crippen molar-refractivity contribution >= 4 is 34.0 Å². The van der Waals surface area contributed by atoms with E-state index in [9.17, 15) is 0 Å². The summed E-state index contributed by atoms with van der Waals surface area (Å²) in [4.78, 5) is 11.0. The van der Waals surface area contributed by atoms with Crippen molar-refractivity contribution in [2.24, 2.45) is 0 Å². The smallest absolute Gasteiger partial charge is 0.162 e. The quantitative estimate of drug-likeness (QED) is 0.785. The summed E-state index contributed by atoms with van der Waals surface area (Å²) in [6, 6.07) is 13.4. The molecule has 0 aliphatic carbocycles. The van der Waals surface area contributed by atoms with Gasteiger partial charge in [0.15, 0.2) is 5.82 Å². The Balaban J connectivity index is 2.11. The van der Waals surface area contributed by atoms with Crippen LogP contribution in [-0.2, 0) is 0 Å². The molecular weight excluding hydrogens is 284 g/mol. The average molecular weight is 299 g/mol. The molecule has 4 nitrogen and oxygen atoms in total. The summed E-state index contributed by atoms with van der Waals surface area (Å²) >= 11 is 6.02. The Bertz CT molecular complexity index is 797. The Morgan fingerprint density at radius 3 is 2.38 bits per heavy atom. The highest BCUT2D eigenvalue weighted by molar-refractivity contribution is 6.31. The molecule has 0 unspecified atom stereocenters. The van der Waals surface area contributed by atoms with Gasteiger partial charge in [-0.3, -0.25) is 0 Å². The molecule has 3 rings (SSSR count). The minimum atomic E-state index is 0.461. The van der Waals surface area contributed by atoms with Crippen molar-refractivity contribution < 1.29 is 0 Å². The first kappa shape index (κ1) is 13.6. The lowest BCUT2D eigenvalue weighted by Crippen LogP contribution is -2.08. The third-order valence-electron chi connectivity index (χ3n) is 3.33. The van der Waals surface area contributed by atoms with Gasteiger partial charge in [0.2, 0.25) is 0 Å². The number of halogens is 1. The maximum absolute atomic E-state index is 6.02. The summed E-state index contributed by atoms with van der Waals surface area (Å²) in [7, 11) is 4.00. The Labute approximate surface area is 128 Å². The van der Waals surface area contributed by atoms with E-state index in [4.69, 9.17) is 17.3 Å². The van der Waals surface area contributed by atoms with E-state index in [1.165, 1.54) is 0 Å². The number of benzene rings is 2. The number of nitrogens with zero attached hydrogens (tertiary/aromatic N) is 3. The SMILES string of the molecule is CN(C)c1ccc(-c2nc(N)c3ccc(Cl)cc3n2)cc1. The molecule has 3 aromatic rings. The van der Waals surface area contributed by atoms with E-state index in [1.54, 1.807) is 12.1 Å². The highest BCUT2D eigenvalue weighted by atomic mass is 35.5. The topological polar surface area (TPSA) is 55.0 Å². The van der Waals surface area contributed by atoms with Crippen molar-refractivity contribution in [1.82, 2.24) is 9.97 Å². The van der Waals surface area contributed by atoms with Crippen LogP contribution >= 0.6 is 11.6 Å². The summed E-state index contributed by atoms with van der Waals surface area (Å²) in [6.45, 7) is 0. The zero-order chi connectivity index (χ0) is 15.0. The number of aromatic nitrogens is 2. The summed E-state index contributed by atoms with van der Waals surface area (Å²) in [5.41, 5.74) is 8.82. The minimum Gasteiger partial charge on any atom is -0.383 e. The lowest BCUT2D eigenvalue weighted by molar-refractivity contribution is 1.13. The van der Waals surface area contributed by atoms with Crippen molar-refractivity contribution in [2.45, 2.75) is 0 Å². The van der Waals surface area contributed by atoms with Gasteiger partial charge in [0.05, 0.1) is 5.52 Å². The number of rotatable bonds is 2. The number of hydrogen-bond acceptors (Lipinski definition) is 4. The van der Waals surface area contributed by atoms with Crippen LogP contribution in [0.25, 0.3) is 22.3 Å². The number of fused-ring (bicyclic) bond motifs is 1. The molecule has 0 aliphatic rings. The fourth-order valence-corrected chi connectivity index (χ4v) is 2.33. The molecule has 0 saturated carbocycles. The van der Waals surface area contributed by atoms with Crippen molar-refractivity contribution in [3.8, 4) is 11.4 Å². The molecule has 0 fully saturated rings. The van der Waals surface area contributed by atoms with Gasteiger partial charge in [-0.2, -0.15) is 0 Å². The van der Waals surface area contributed by atoms with E-state index in [1.807, 2.05) is 49.3 Å². The van der Waals surface area contributed by atoms with Crippen molar-refractivity contribution in [3.05, 3.63) is 47.5 Å². The molecule has 21 heavy (non-hydrogen) atoms. The Kier molecular flexibility index (Phi) is 3.39. The third-order valence-corrected chi connectivity index (χ3v) is 3.57. The Morgan fingerprint density at radius 2 is 1.71 bits per heavy atom. The average Bonchev–Trinajstić information content (AvgIpc) is 2.46. The first-order chi connectivity index (χ1) is 10.0. The molecule has 0 radical (unpaired) electrons. The number of nitrogens with two attached hydrogens (primary N) is 1. The molecule has 2 N–H and O–H groups in total. The second-order valence-corrected chi connectivity index (χ2v) is 5.47. The van der Waals surface area contributed by atoms with E-state index in [0.717, 1.165) is 22.2 Å². The normalized spacial score (nSPS) is 10.8. The van der Waals surface area contributed by atoms with Crippen LogP contribution in [0.1, 0.15) is 0 Å². The fraction of sp³-hybridized carbons (Fsp3) is 0.125. The second kappa shape index (κ2) is 5.22. The van der Waals surface area contributed by atoms with E-state index >= 15 is 0 Å². The van der Waals surface area contributed by atoms with E-state index in [0.29, 0.717) is 16.7 Å².